The molecule has 9 heteroatoms. The summed E-state index contributed by atoms with van der Waals surface area (Å²) in [7, 11) is 1.69. The molecule has 1 aliphatic heterocycles. The molecule has 1 fully saturated rings. The highest BCUT2D eigenvalue weighted by molar-refractivity contribution is 6.31. The van der Waals surface area contributed by atoms with Crippen LogP contribution in [0.3, 0.4) is 0 Å². The summed E-state index contributed by atoms with van der Waals surface area (Å²) in [5.74, 6) is -1.65. The second-order valence-electron chi connectivity index (χ2n) is 9.36. The summed E-state index contributed by atoms with van der Waals surface area (Å²) in [4.78, 5) is 42.8. The predicted octanol–water partition coefficient (Wildman–Crippen LogP) is 3.84. The number of nitrogens with zero attached hydrogens (tertiary/aromatic N) is 3. The topological polar surface area (TPSA) is 93.2 Å². The number of rotatable bonds is 9. The van der Waals surface area contributed by atoms with Gasteiger partial charge in [0.25, 0.3) is 0 Å². The molecule has 1 heterocycles. The molecule has 8 nitrogen and oxygen atoms in total. The molecule has 2 N–H and O–H groups in total. The van der Waals surface area contributed by atoms with Crippen LogP contribution in [0.4, 0.5) is 5.69 Å². The number of likely N-dealkylation sites (N-methyl/N-ethyl adjacent to an activating group) is 1. The minimum Gasteiger partial charge on any atom is -0.478 e. The van der Waals surface area contributed by atoms with E-state index in [0.29, 0.717) is 13.1 Å². The maximum atomic E-state index is 13.0. The summed E-state index contributed by atoms with van der Waals surface area (Å²) >= 11 is 5.87. The minimum atomic E-state index is -1.19. The highest BCUT2D eigenvalue weighted by Crippen LogP contribution is 2.29. The van der Waals surface area contributed by atoms with Crippen LogP contribution in [-0.2, 0) is 9.59 Å². The van der Waals surface area contributed by atoms with Gasteiger partial charge in [-0.2, -0.15) is 0 Å². The van der Waals surface area contributed by atoms with Crippen LogP contribution in [0.15, 0.2) is 78.9 Å². The summed E-state index contributed by atoms with van der Waals surface area (Å²) in [6.45, 7) is 2.69. The molecule has 0 bridgehead atoms. The first-order valence-corrected chi connectivity index (χ1v) is 12.8. The summed E-state index contributed by atoms with van der Waals surface area (Å²) in [5, 5.41) is 12.2. The molecule has 1 aliphatic rings. The zero-order chi connectivity index (χ0) is 27.1. The SMILES string of the molecule is CN(CC(=O)Nc1ccc(Cl)cc1C(=O)O)CC(=O)N1CCN(C(c2ccccc2)c2ccccc2)CC1. The first-order valence-electron chi connectivity index (χ1n) is 12.4. The lowest BCUT2D eigenvalue weighted by molar-refractivity contribution is -0.134. The molecule has 0 atom stereocenters. The van der Waals surface area contributed by atoms with Crippen LogP contribution < -0.4 is 5.32 Å². The van der Waals surface area contributed by atoms with Crippen molar-refractivity contribution >= 4 is 35.1 Å². The van der Waals surface area contributed by atoms with Crippen molar-refractivity contribution in [2.24, 2.45) is 0 Å². The molecule has 3 aromatic rings. The van der Waals surface area contributed by atoms with Crippen LogP contribution in [0.5, 0.6) is 0 Å². The zero-order valence-electron chi connectivity index (χ0n) is 21.2. The fourth-order valence-corrected chi connectivity index (χ4v) is 4.91. The van der Waals surface area contributed by atoms with Crippen LogP contribution in [-0.4, -0.2) is 83.9 Å². The van der Waals surface area contributed by atoms with Crippen LogP contribution in [0.25, 0.3) is 0 Å². The number of piperazine rings is 1. The number of hydrogen-bond donors (Lipinski definition) is 2. The van der Waals surface area contributed by atoms with Gasteiger partial charge in [0.1, 0.15) is 0 Å². The van der Waals surface area contributed by atoms with Crippen molar-refractivity contribution in [2.75, 3.05) is 51.6 Å². The highest BCUT2D eigenvalue weighted by Gasteiger charge is 2.28. The van der Waals surface area contributed by atoms with Gasteiger partial charge in [-0.05, 0) is 36.4 Å². The van der Waals surface area contributed by atoms with E-state index in [-0.39, 0.29) is 41.3 Å². The molecular weight excluding hydrogens is 504 g/mol. The van der Waals surface area contributed by atoms with Crippen LogP contribution >= 0.6 is 11.6 Å². The van der Waals surface area contributed by atoms with Gasteiger partial charge in [-0.3, -0.25) is 19.4 Å². The monoisotopic (exact) mass is 534 g/mol. The van der Waals surface area contributed by atoms with Crippen molar-refractivity contribution in [1.29, 1.82) is 0 Å². The predicted molar refractivity (Wildman–Crippen MR) is 147 cm³/mol. The Hall–Kier alpha value is -3.72. The van der Waals surface area contributed by atoms with Gasteiger partial charge in [-0.1, -0.05) is 72.3 Å². The van der Waals surface area contributed by atoms with Gasteiger partial charge in [0.2, 0.25) is 11.8 Å². The Bertz CT molecular complexity index is 1220. The van der Waals surface area contributed by atoms with Crippen LogP contribution in [0, 0.1) is 0 Å². The van der Waals surface area contributed by atoms with E-state index in [0.717, 1.165) is 13.1 Å². The third-order valence-electron chi connectivity index (χ3n) is 6.57. The first kappa shape index (κ1) is 27.3. The third-order valence-corrected chi connectivity index (χ3v) is 6.80. The van der Waals surface area contributed by atoms with Crippen molar-refractivity contribution < 1.29 is 19.5 Å². The average Bonchev–Trinajstić information content (AvgIpc) is 2.91. The summed E-state index contributed by atoms with van der Waals surface area (Å²) in [6.07, 6.45) is 0. The molecule has 2 amide bonds. The number of carbonyl (C=O) groups excluding carboxylic acids is 2. The van der Waals surface area contributed by atoms with Gasteiger partial charge < -0.3 is 15.3 Å². The van der Waals surface area contributed by atoms with E-state index in [9.17, 15) is 19.5 Å². The molecule has 38 heavy (non-hydrogen) atoms. The average molecular weight is 535 g/mol. The number of aromatic carboxylic acids is 1. The Morgan fingerprint density at radius 2 is 1.47 bits per heavy atom. The maximum absolute atomic E-state index is 13.0. The minimum absolute atomic E-state index is 0.0476. The lowest BCUT2D eigenvalue weighted by Crippen LogP contribution is -2.52. The second kappa shape index (κ2) is 12.7. The molecule has 0 aromatic heterocycles. The highest BCUT2D eigenvalue weighted by atomic mass is 35.5. The normalized spacial score (nSPS) is 14.1. The second-order valence-corrected chi connectivity index (χ2v) is 9.79. The number of carboxylic acid groups (broad SMARTS) is 1. The Labute approximate surface area is 227 Å². The van der Waals surface area contributed by atoms with Crippen molar-refractivity contribution in [3.8, 4) is 0 Å². The zero-order valence-corrected chi connectivity index (χ0v) is 22.0. The van der Waals surface area contributed by atoms with Crippen molar-refractivity contribution in [1.82, 2.24) is 14.7 Å². The van der Waals surface area contributed by atoms with E-state index in [1.54, 1.807) is 11.9 Å². The molecule has 0 radical (unpaired) electrons. The van der Waals surface area contributed by atoms with Gasteiger partial charge in [-0.25, -0.2) is 4.79 Å². The molecule has 3 aromatic carbocycles. The number of nitrogens with one attached hydrogen (secondary N) is 1. The fourth-order valence-electron chi connectivity index (χ4n) is 4.74. The molecule has 1 saturated heterocycles. The number of benzene rings is 3. The summed E-state index contributed by atoms with van der Waals surface area (Å²) in [5.41, 5.74) is 2.51. The number of anilines is 1. The number of carboxylic acids is 1. The Balaban J connectivity index is 1.31. The van der Waals surface area contributed by atoms with Gasteiger partial charge in [-0.15, -0.1) is 0 Å². The van der Waals surface area contributed by atoms with E-state index in [4.69, 9.17) is 11.6 Å². The maximum Gasteiger partial charge on any atom is 0.337 e. The Kier molecular flexibility index (Phi) is 9.12. The van der Waals surface area contributed by atoms with E-state index >= 15 is 0 Å². The van der Waals surface area contributed by atoms with Crippen LogP contribution in [0.2, 0.25) is 5.02 Å². The summed E-state index contributed by atoms with van der Waals surface area (Å²) < 4.78 is 0. The van der Waals surface area contributed by atoms with Gasteiger partial charge >= 0.3 is 5.97 Å². The van der Waals surface area contributed by atoms with E-state index in [2.05, 4.69) is 34.5 Å². The number of hydrogen-bond acceptors (Lipinski definition) is 5. The van der Waals surface area contributed by atoms with E-state index in [1.165, 1.54) is 29.3 Å². The van der Waals surface area contributed by atoms with Gasteiger partial charge in [0.05, 0.1) is 30.4 Å². The van der Waals surface area contributed by atoms with Gasteiger partial charge in [0, 0.05) is 31.2 Å². The van der Waals surface area contributed by atoms with E-state index in [1.807, 2.05) is 41.3 Å². The first-order chi connectivity index (χ1) is 18.3. The molecule has 198 valence electrons. The van der Waals surface area contributed by atoms with Crippen LogP contribution in [0.1, 0.15) is 27.5 Å². The molecule has 0 spiro atoms. The lowest BCUT2D eigenvalue weighted by atomic mass is 9.96. The molecule has 0 saturated carbocycles. The molecule has 4 rings (SSSR count). The van der Waals surface area contributed by atoms with Crippen molar-refractivity contribution in [2.45, 2.75) is 6.04 Å². The molecular formula is C29H31ClN4O4. The lowest BCUT2D eigenvalue weighted by Gasteiger charge is -2.40. The molecule has 0 aliphatic carbocycles. The number of carbonyl (C=O) groups is 3. The summed E-state index contributed by atoms with van der Waals surface area (Å²) in [6, 6.07) is 25.1. The number of halogens is 1. The van der Waals surface area contributed by atoms with Gasteiger partial charge in [0.15, 0.2) is 0 Å². The quantitative estimate of drug-likeness (QED) is 0.433. The van der Waals surface area contributed by atoms with Crippen molar-refractivity contribution in [3.63, 3.8) is 0 Å². The van der Waals surface area contributed by atoms with Crippen molar-refractivity contribution in [3.05, 3.63) is 101 Å². The smallest absolute Gasteiger partial charge is 0.337 e. The Morgan fingerprint density at radius 1 is 0.895 bits per heavy atom. The standard InChI is InChI=1S/C29H31ClN4O4/c1-32(19-26(35)31-25-13-12-23(30)18-24(25)29(37)38)20-27(36)33-14-16-34(17-15-33)28(21-8-4-2-5-9-21)22-10-6-3-7-11-22/h2-13,18,28H,14-17,19-20H2,1H3,(H,31,35)(H,37,38). The Morgan fingerprint density at radius 3 is 2.03 bits per heavy atom. The third kappa shape index (κ3) is 6.98. The number of amides is 2. The molecule has 0 unspecified atom stereocenters. The largest absolute Gasteiger partial charge is 0.478 e. The fraction of sp³-hybridized carbons (Fsp3) is 0.276. The van der Waals surface area contributed by atoms with E-state index < -0.39 is 11.9 Å².